The fraction of sp³-hybridized carbons (Fsp3) is 0.450. The number of aryl methyl sites for hydroxylation is 2. The van der Waals surface area contributed by atoms with E-state index in [4.69, 9.17) is 0 Å². The topological polar surface area (TPSA) is 54.9 Å². The molecule has 1 aromatic heterocycles. The van der Waals surface area contributed by atoms with Gasteiger partial charge in [0.2, 0.25) is 5.91 Å². The molecule has 0 radical (unpaired) electrons. The van der Waals surface area contributed by atoms with E-state index in [1.165, 1.54) is 5.57 Å². The monoisotopic (exact) mass is 323 g/mol. The molecule has 2 aromatic rings. The van der Waals surface area contributed by atoms with Gasteiger partial charge in [-0.2, -0.15) is 0 Å². The molecule has 1 heterocycles. The summed E-state index contributed by atoms with van der Waals surface area (Å²) >= 11 is 0. The molecule has 24 heavy (non-hydrogen) atoms. The molecule has 0 spiro atoms. The summed E-state index contributed by atoms with van der Waals surface area (Å²) in [6.45, 7) is 12.4. The van der Waals surface area contributed by atoms with Crippen LogP contribution in [0.3, 0.4) is 0 Å². The molecule has 0 aliphatic heterocycles. The van der Waals surface area contributed by atoms with Crippen molar-refractivity contribution in [2.75, 3.05) is 5.32 Å². The number of nitrogens with zero attached hydrogens (tertiary/aromatic N) is 2. The van der Waals surface area contributed by atoms with E-state index in [-0.39, 0.29) is 17.2 Å². The van der Waals surface area contributed by atoms with Crippen molar-refractivity contribution in [2.45, 2.75) is 41.5 Å². The molecule has 4 nitrogen and oxygen atoms in total. The Morgan fingerprint density at radius 1 is 1.12 bits per heavy atom. The van der Waals surface area contributed by atoms with E-state index in [1.54, 1.807) is 0 Å². The van der Waals surface area contributed by atoms with E-state index in [0.717, 1.165) is 28.1 Å². The van der Waals surface area contributed by atoms with Gasteiger partial charge < -0.3 is 5.32 Å². The third kappa shape index (κ3) is 2.93. The zero-order valence-electron chi connectivity index (χ0n) is 15.3. The molecular weight excluding hydrogens is 298 g/mol. The zero-order valence-corrected chi connectivity index (χ0v) is 15.3. The average molecular weight is 323 g/mol. The second kappa shape index (κ2) is 5.69. The number of fused-ring (bicyclic) bond motifs is 1. The van der Waals surface area contributed by atoms with Crippen molar-refractivity contribution in [2.24, 2.45) is 17.3 Å². The molecule has 1 N–H and O–H groups in total. The minimum Gasteiger partial charge on any atom is -0.326 e. The summed E-state index contributed by atoms with van der Waals surface area (Å²) in [5, 5.41) is 3.05. The predicted octanol–water partition coefficient (Wildman–Crippen LogP) is 4.42. The van der Waals surface area contributed by atoms with E-state index in [0.29, 0.717) is 5.92 Å². The molecule has 4 heteroatoms. The Hall–Kier alpha value is -2.23. The lowest BCUT2D eigenvalue weighted by Gasteiger charge is -2.08. The van der Waals surface area contributed by atoms with Crippen LogP contribution in [0.5, 0.6) is 0 Å². The van der Waals surface area contributed by atoms with E-state index in [2.05, 4.69) is 49.1 Å². The maximum absolute atomic E-state index is 12.7. The minimum atomic E-state index is 0.0196. The number of anilines is 1. The standard InChI is InChI=1S/C20H25N3O/c1-11(2)9-15-18(20(15,5)6)19(24)23-14-7-8-16-17(10-14)22-13(4)12(3)21-16/h7-10,15,18H,1-6H3,(H,23,24). The fourth-order valence-electron chi connectivity index (χ4n) is 3.38. The summed E-state index contributed by atoms with van der Waals surface area (Å²) < 4.78 is 0. The Bertz CT molecular complexity index is 847. The summed E-state index contributed by atoms with van der Waals surface area (Å²) in [5.74, 6) is 0.417. The number of benzene rings is 1. The van der Waals surface area contributed by atoms with Gasteiger partial charge in [0.15, 0.2) is 0 Å². The summed E-state index contributed by atoms with van der Waals surface area (Å²) in [5.41, 5.74) is 5.57. The largest absolute Gasteiger partial charge is 0.326 e. The first-order chi connectivity index (χ1) is 11.2. The third-order valence-electron chi connectivity index (χ3n) is 5.05. The highest BCUT2D eigenvalue weighted by Crippen LogP contribution is 2.59. The van der Waals surface area contributed by atoms with Gasteiger partial charge in [0, 0.05) is 5.69 Å². The number of carbonyl (C=O) groups excluding carboxylic acids is 1. The number of hydrogen-bond acceptors (Lipinski definition) is 3. The number of nitrogens with one attached hydrogen (secondary N) is 1. The molecule has 0 bridgehead atoms. The molecule has 1 aliphatic rings. The number of allylic oxidation sites excluding steroid dienone is 2. The van der Waals surface area contributed by atoms with Crippen LogP contribution in [0.4, 0.5) is 5.69 Å². The SMILES string of the molecule is CC(C)=CC1C(C(=O)Nc2ccc3nc(C)c(C)nc3c2)C1(C)C. The smallest absolute Gasteiger partial charge is 0.228 e. The van der Waals surface area contributed by atoms with Crippen LogP contribution >= 0.6 is 0 Å². The maximum atomic E-state index is 12.7. The van der Waals surface area contributed by atoms with E-state index in [1.807, 2.05) is 32.0 Å². The van der Waals surface area contributed by atoms with Crippen LogP contribution in [0.25, 0.3) is 11.0 Å². The lowest BCUT2D eigenvalue weighted by Crippen LogP contribution is -2.16. The zero-order chi connectivity index (χ0) is 17.6. The van der Waals surface area contributed by atoms with Gasteiger partial charge in [0.1, 0.15) is 0 Å². The number of rotatable bonds is 3. The summed E-state index contributed by atoms with van der Waals surface area (Å²) in [7, 11) is 0. The Kier molecular flexibility index (Phi) is 3.94. The van der Waals surface area contributed by atoms with Gasteiger partial charge in [-0.05, 0) is 57.2 Å². The highest BCUT2D eigenvalue weighted by atomic mass is 16.2. The van der Waals surface area contributed by atoms with Crippen LogP contribution in [0, 0.1) is 31.1 Å². The van der Waals surface area contributed by atoms with Crippen LogP contribution in [0.1, 0.15) is 39.1 Å². The van der Waals surface area contributed by atoms with Crippen LogP contribution in [-0.4, -0.2) is 15.9 Å². The van der Waals surface area contributed by atoms with Gasteiger partial charge in [0.05, 0.1) is 28.3 Å². The summed E-state index contributed by atoms with van der Waals surface area (Å²) in [4.78, 5) is 21.8. The van der Waals surface area contributed by atoms with Crippen molar-refractivity contribution >= 4 is 22.6 Å². The van der Waals surface area contributed by atoms with E-state index < -0.39 is 0 Å². The van der Waals surface area contributed by atoms with Gasteiger partial charge in [-0.25, -0.2) is 9.97 Å². The first-order valence-corrected chi connectivity index (χ1v) is 8.41. The highest BCUT2D eigenvalue weighted by Gasteiger charge is 2.60. The van der Waals surface area contributed by atoms with Gasteiger partial charge in [-0.1, -0.05) is 25.5 Å². The molecule has 2 atom stereocenters. The summed E-state index contributed by atoms with van der Waals surface area (Å²) in [6.07, 6.45) is 2.21. The molecule has 1 aliphatic carbocycles. The third-order valence-corrected chi connectivity index (χ3v) is 5.05. The van der Waals surface area contributed by atoms with Gasteiger partial charge in [0.25, 0.3) is 0 Å². The molecule has 1 amide bonds. The highest BCUT2D eigenvalue weighted by molar-refractivity contribution is 5.97. The van der Waals surface area contributed by atoms with Crippen LogP contribution < -0.4 is 5.32 Å². The van der Waals surface area contributed by atoms with E-state index in [9.17, 15) is 4.79 Å². The van der Waals surface area contributed by atoms with Crippen LogP contribution in [-0.2, 0) is 4.79 Å². The fourth-order valence-corrected chi connectivity index (χ4v) is 3.38. The Balaban J connectivity index is 1.81. The molecule has 1 fully saturated rings. The number of hydrogen-bond donors (Lipinski definition) is 1. The predicted molar refractivity (Wildman–Crippen MR) is 97.8 cm³/mol. The van der Waals surface area contributed by atoms with Crippen molar-refractivity contribution in [1.29, 1.82) is 0 Å². The molecule has 1 aromatic carbocycles. The maximum Gasteiger partial charge on any atom is 0.228 e. The van der Waals surface area contributed by atoms with Crippen LogP contribution in [0.15, 0.2) is 29.8 Å². The second-order valence-corrected chi connectivity index (χ2v) is 7.66. The molecule has 0 saturated heterocycles. The number of amides is 1. The first-order valence-electron chi connectivity index (χ1n) is 8.41. The lowest BCUT2D eigenvalue weighted by molar-refractivity contribution is -0.118. The molecule has 2 unspecified atom stereocenters. The Morgan fingerprint density at radius 2 is 1.75 bits per heavy atom. The summed E-state index contributed by atoms with van der Waals surface area (Å²) in [6, 6.07) is 5.71. The van der Waals surface area contributed by atoms with Crippen molar-refractivity contribution in [3.8, 4) is 0 Å². The molecular formula is C20H25N3O. The molecule has 3 rings (SSSR count). The minimum absolute atomic E-state index is 0.0196. The second-order valence-electron chi connectivity index (χ2n) is 7.66. The van der Waals surface area contributed by atoms with Crippen LogP contribution in [0.2, 0.25) is 0 Å². The normalized spacial score (nSPS) is 21.4. The number of carbonyl (C=O) groups is 1. The number of aromatic nitrogens is 2. The van der Waals surface area contributed by atoms with Crippen molar-refractivity contribution < 1.29 is 4.79 Å². The first kappa shape index (κ1) is 16.6. The average Bonchev–Trinajstić information content (AvgIpc) is 3.00. The molecule has 126 valence electrons. The Labute approximate surface area is 143 Å². The Morgan fingerprint density at radius 3 is 2.38 bits per heavy atom. The van der Waals surface area contributed by atoms with Gasteiger partial charge in [-0.3, -0.25) is 4.79 Å². The van der Waals surface area contributed by atoms with Crippen molar-refractivity contribution in [3.05, 3.63) is 41.2 Å². The van der Waals surface area contributed by atoms with Gasteiger partial charge >= 0.3 is 0 Å². The quantitative estimate of drug-likeness (QED) is 0.851. The van der Waals surface area contributed by atoms with Crippen molar-refractivity contribution in [3.63, 3.8) is 0 Å². The lowest BCUT2D eigenvalue weighted by atomic mass is 10.1. The van der Waals surface area contributed by atoms with E-state index >= 15 is 0 Å². The van der Waals surface area contributed by atoms with Gasteiger partial charge in [-0.15, -0.1) is 0 Å². The molecule has 1 saturated carbocycles. The van der Waals surface area contributed by atoms with Crippen molar-refractivity contribution in [1.82, 2.24) is 9.97 Å².